The van der Waals surface area contributed by atoms with Crippen molar-refractivity contribution in [1.29, 1.82) is 0 Å². The topological polar surface area (TPSA) is 73.0 Å². The van der Waals surface area contributed by atoms with Crippen LogP contribution >= 0.6 is 0 Å². The maximum Gasteiger partial charge on any atom is 0.221 e. The Labute approximate surface area is 140 Å². The third kappa shape index (κ3) is 3.64. The summed E-state index contributed by atoms with van der Waals surface area (Å²) in [4.78, 5) is 16.3. The van der Waals surface area contributed by atoms with E-state index in [0.717, 1.165) is 40.9 Å². The van der Waals surface area contributed by atoms with Crippen LogP contribution in [0.4, 0.5) is 0 Å². The highest BCUT2D eigenvalue weighted by Gasteiger charge is 2.09. The first-order chi connectivity index (χ1) is 11.6. The van der Waals surface area contributed by atoms with Crippen LogP contribution in [0.3, 0.4) is 0 Å². The first-order valence-corrected chi connectivity index (χ1v) is 8.23. The van der Waals surface area contributed by atoms with E-state index in [1.807, 2.05) is 42.7 Å². The lowest BCUT2D eigenvalue weighted by atomic mass is 10.1. The van der Waals surface area contributed by atoms with Crippen LogP contribution in [-0.4, -0.2) is 27.2 Å². The molecule has 0 atom stereocenters. The number of carbonyl (C=O) groups excluding carboxylic acids is 1. The summed E-state index contributed by atoms with van der Waals surface area (Å²) in [5, 5.41) is 6.91. The Morgan fingerprint density at radius 3 is 2.92 bits per heavy atom. The predicted molar refractivity (Wildman–Crippen MR) is 91.7 cm³/mol. The number of fused-ring (bicyclic) bond motifs is 1. The third-order valence-corrected chi connectivity index (χ3v) is 4.21. The maximum atomic E-state index is 12.0. The van der Waals surface area contributed by atoms with Gasteiger partial charge in [0.15, 0.2) is 0 Å². The Kier molecular flexibility index (Phi) is 4.93. The fourth-order valence-electron chi connectivity index (χ4n) is 2.85. The molecule has 0 radical (unpaired) electrons. The lowest BCUT2D eigenvalue weighted by Crippen LogP contribution is -2.25. The number of aromatic nitrogens is 3. The average molecular weight is 326 g/mol. The molecule has 0 unspecified atom stereocenters. The Morgan fingerprint density at radius 1 is 1.29 bits per heavy atom. The van der Waals surface area contributed by atoms with Crippen LogP contribution in [0.2, 0.25) is 0 Å². The van der Waals surface area contributed by atoms with Gasteiger partial charge in [0.25, 0.3) is 0 Å². The lowest BCUT2D eigenvalue weighted by molar-refractivity contribution is -0.121. The Bertz CT molecular complexity index is 815. The second-order valence-electron chi connectivity index (χ2n) is 5.93. The number of carbonyl (C=O) groups is 1. The van der Waals surface area contributed by atoms with E-state index in [0.29, 0.717) is 19.5 Å². The smallest absolute Gasteiger partial charge is 0.221 e. The standard InChI is InChI=1S/C18H22N4O2/c1-13-15(14(2)24-21-13)6-5-10-19-18(23)9-11-22-12-20-16-7-3-4-8-17(16)22/h3-4,7-8,12H,5-6,9-11H2,1-2H3,(H,19,23). The minimum atomic E-state index is 0.0616. The molecular weight excluding hydrogens is 304 g/mol. The molecule has 0 aliphatic rings. The van der Waals surface area contributed by atoms with Gasteiger partial charge in [0.05, 0.1) is 23.1 Å². The first kappa shape index (κ1) is 16.2. The zero-order valence-electron chi connectivity index (χ0n) is 14.1. The van der Waals surface area contributed by atoms with Crippen molar-refractivity contribution in [3.05, 3.63) is 47.6 Å². The van der Waals surface area contributed by atoms with Gasteiger partial charge in [-0.2, -0.15) is 0 Å². The molecule has 0 aliphatic heterocycles. The van der Waals surface area contributed by atoms with Crippen molar-refractivity contribution in [3.63, 3.8) is 0 Å². The molecule has 0 saturated heterocycles. The number of nitrogens with one attached hydrogen (secondary N) is 1. The summed E-state index contributed by atoms with van der Waals surface area (Å²) in [6.45, 7) is 5.16. The predicted octanol–water partition coefficient (Wildman–Crippen LogP) is 2.78. The second kappa shape index (κ2) is 7.29. The van der Waals surface area contributed by atoms with Gasteiger partial charge in [-0.05, 0) is 38.8 Å². The van der Waals surface area contributed by atoms with Crippen molar-refractivity contribution in [2.75, 3.05) is 6.54 Å². The molecule has 0 spiro atoms. The number of para-hydroxylation sites is 2. The van der Waals surface area contributed by atoms with Crippen molar-refractivity contribution in [2.24, 2.45) is 0 Å². The lowest BCUT2D eigenvalue weighted by Gasteiger charge is -2.06. The molecule has 24 heavy (non-hydrogen) atoms. The van der Waals surface area contributed by atoms with Crippen molar-refractivity contribution in [1.82, 2.24) is 20.0 Å². The highest BCUT2D eigenvalue weighted by molar-refractivity contribution is 5.77. The van der Waals surface area contributed by atoms with Gasteiger partial charge in [0, 0.05) is 25.1 Å². The first-order valence-electron chi connectivity index (χ1n) is 8.23. The number of amides is 1. The molecule has 0 saturated carbocycles. The van der Waals surface area contributed by atoms with Crippen molar-refractivity contribution in [2.45, 2.75) is 39.7 Å². The van der Waals surface area contributed by atoms with Gasteiger partial charge in [-0.15, -0.1) is 0 Å². The summed E-state index contributed by atoms with van der Waals surface area (Å²) < 4.78 is 7.16. The van der Waals surface area contributed by atoms with Gasteiger partial charge < -0.3 is 14.4 Å². The van der Waals surface area contributed by atoms with E-state index in [9.17, 15) is 4.79 Å². The van der Waals surface area contributed by atoms with E-state index >= 15 is 0 Å². The van der Waals surface area contributed by atoms with E-state index in [1.165, 1.54) is 0 Å². The Hall–Kier alpha value is -2.63. The van der Waals surface area contributed by atoms with Crippen LogP contribution in [0.15, 0.2) is 35.1 Å². The van der Waals surface area contributed by atoms with E-state index in [4.69, 9.17) is 4.52 Å². The number of aryl methyl sites for hydroxylation is 3. The quantitative estimate of drug-likeness (QED) is 0.678. The summed E-state index contributed by atoms with van der Waals surface area (Å²) in [5.41, 5.74) is 4.10. The normalized spacial score (nSPS) is 11.1. The summed E-state index contributed by atoms with van der Waals surface area (Å²) >= 11 is 0. The molecule has 0 bridgehead atoms. The summed E-state index contributed by atoms with van der Waals surface area (Å²) in [6.07, 6.45) is 3.98. The van der Waals surface area contributed by atoms with Gasteiger partial charge in [-0.3, -0.25) is 4.79 Å². The zero-order valence-corrected chi connectivity index (χ0v) is 14.1. The van der Waals surface area contributed by atoms with Gasteiger partial charge in [-0.1, -0.05) is 17.3 Å². The Morgan fingerprint density at radius 2 is 2.12 bits per heavy atom. The van der Waals surface area contributed by atoms with E-state index < -0.39 is 0 Å². The molecule has 3 aromatic rings. The van der Waals surface area contributed by atoms with E-state index in [2.05, 4.69) is 15.5 Å². The van der Waals surface area contributed by atoms with Gasteiger partial charge in [0.1, 0.15) is 5.76 Å². The summed E-state index contributed by atoms with van der Waals surface area (Å²) in [7, 11) is 0. The van der Waals surface area contributed by atoms with Crippen LogP contribution in [0.25, 0.3) is 11.0 Å². The number of benzene rings is 1. The molecule has 0 aliphatic carbocycles. The molecule has 0 fully saturated rings. The molecule has 1 N–H and O–H groups in total. The SMILES string of the molecule is Cc1noc(C)c1CCCNC(=O)CCn1cnc2ccccc21. The molecule has 6 nitrogen and oxygen atoms in total. The number of rotatable bonds is 7. The highest BCUT2D eigenvalue weighted by Crippen LogP contribution is 2.14. The minimum absolute atomic E-state index is 0.0616. The third-order valence-electron chi connectivity index (χ3n) is 4.21. The number of imidazole rings is 1. The fourth-order valence-corrected chi connectivity index (χ4v) is 2.85. The molecule has 6 heteroatoms. The average Bonchev–Trinajstić information content (AvgIpc) is 3.14. The molecular formula is C18H22N4O2. The van der Waals surface area contributed by atoms with Gasteiger partial charge in [0.2, 0.25) is 5.91 Å². The van der Waals surface area contributed by atoms with Crippen LogP contribution in [0.1, 0.15) is 29.9 Å². The molecule has 3 rings (SSSR count). The highest BCUT2D eigenvalue weighted by atomic mass is 16.5. The van der Waals surface area contributed by atoms with Crippen LogP contribution in [-0.2, 0) is 17.8 Å². The Balaban J connectivity index is 1.41. The van der Waals surface area contributed by atoms with E-state index in [1.54, 1.807) is 6.33 Å². The summed E-state index contributed by atoms with van der Waals surface area (Å²) in [5.74, 6) is 0.928. The number of nitrogens with zero attached hydrogens (tertiary/aromatic N) is 3. The number of hydrogen-bond donors (Lipinski definition) is 1. The molecule has 2 aromatic heterocycles. The van der Waals surface area contributed by atoms with Crippen molar-refractivity contribution >= 4 is 16.9 Å². The second-order valence-corrected chi connectivity index (χ2v) is 5.93. The minimum Gasteiger partial charge on any atom is -0.361 e. The van der Waals surface area contributed by atoms with E-state index in [-0.39, 0.29) is 5.91 Å². The van der Waals surface area contributed by atoms with Gasteiger partial charge >= 0.3 is 0 Å². The fraction of sp³-hybridized carbons (Fsp3) is 0.389. The van der Waals surface area contributed by atoms with Crippen molar-refractivity contribution in [3.8, 4) is 0 Å². The molecule has 1 amide bonds. The molecule has 2 heterocycles. The maximum absolute atomic E-state index is 12.0. The van der Waals surface area contributed by atoms with Crippen LogP contribution < -0.4 is 5.32 Å². The van der Waals surface area contributed by atoms with Crippen LogP contribution in [0, 0.1) is 13.8 Å². The van der Waals surface area contributed by atoms with Crippen LogP contribution in [0.5, 0.6) is 0 Å². The largest absolute Gasteiger partial charge is 0.361 e. The monoisotopic (exact) mass is 326 g/mol. The number of hydrogen-bond acceptors (Lipinski definition) is 4. The zero-order chi connectivity index (χ0) is 16.9. The molecule has 1 aromatic carbocycles. The van der Waals surface area contributed by atoms with Crippen molar-refractivity contribution < 1.29 is 9.32 Å². The molecule has 126 valence electrons. The summed E-state index contributed by atoms with van der Waals surface area (Å²) in [6, 6.07) is 7.94. The van der Waals surface area contributed by atoms with Gasteiger partial charge in [-0.25, -0.2) is 4.98 Å².